The highest BCUT2D eigenvalue weighted by Gasteiger charge is 2.25. The maximum absolute atomic E-state index is 2.53. The van der Waals surface area contributed by atoms with E-state index in [2.05, 4.69) is 204 Å². The Morgan fingerprint density at radius 3 is 1.80 bits per heavy atom. The normalized spacial score (nSPS) is 11.5. The lowest BCUT2D eigenvalue weighted by molar-refractivity contribution is 1.18. The van der Waals surface area contributed by atoms with Gasteiger partial charge < -0.3 is 9.47 Å². The maximum Gasteiger partial charge on any atom is 0.0640 e. The van der Waals surface area contributed by atoms with E-state index >= 15 is 0 Å². The van der Waals surface area contributed by atoms with Gasteiger partial charge in [-0.25, -0.2) is 0 Å². The SMILES string of the molecule is c1ccc(-c2ccc(N(c3cccc4c3sc3ccccc34)c3cccc4c3c3ccccc3n4-c3ccccc3)c(-c3ccccc3)c2)cc1. The lowest BCUT2D eigenvalue weighted by atomic mass is 9.95. The van der Waals surface area contributed by atoms with Gasteiger partial charge in [-0.15, -0.1) is 11.3 Å². The van der Waals surface area contributed by atoms with Crippen LogP contribution in [-0.4, -0.2) is 4.57 Å². The van der Waals surface area contributed by atoms with Crippen molar-refractivity contribution in [2.24, 2.45) is 0 Å². The van der Waals surface area contributed by atoms with Gasteiger partial charge in [0.1, 0.15) is 0 Å². The van der Waals surface area contributed by atoms with Crippen LogP contribution < -0.4 is 4.90 Å². The molecule has 51 heavy (non-hydrogen) atoms. The summed E-state index contributed by atoms with van der Waals surface area (Å²) in [6.45, 7) is 0. The number of hydrogen-bond acceptors (Lipinski definition) is 2. The first kappa shape index (κ1) is 29.5. The van der Waals surface area contributed by atoms with E-state index in [1.165, 1.54) is 69.9 Å². The van der Waals surface area contributed by atoms with Gasteiger partial charge in [0.25, 0.3) is 0 Å². The van der Waals surface area contributed by atoms with Crippen molar-refractivity contribution in [1.29, 1.82) is 0 Å². The van der Waals surface area contributed by atoms with Crippen molar-refractivity contribution < 1.29 is 0 Å². The molecule has 0 saturated carbocycles. The second kappa shape index (κ2) is 12.2. The van der Waals surface area contributed by atoms with Gasteiger partial charge in [0.15, 0.2) is 0 Å². The fraction of sp³-hybridized carbons (Fsp3) is 0. The van der Waals surface area contributed by atoms with E-state index in [0.29, 0.717) is 0 Å². The molecular weight excluding hydrogens is 637 g/mol. The summed E-state index contributed by atoms with van der Waals surface area (Å²) in [5.74, 6) is 0. The van der Waals surface area contributed by atoms with Crippen molar-refractivity contribution in [2.75, 3.05) is 4.90 Å². The van der Waals surface area contributed by atoms with E-state index in [0.717, 1.165) is 17.1 Å². The van der Waals surface area contributed by atoms with Crippen LogP contribution in [0.25, 0.3) is 69.9 Å². The van der Waals surface area contributed by atoms with Gasteiger partial charge in [-0.1, -0.05) is 140 Å². The lowest BCUT2D eigenvalue weighted by Crippen LogP contribution is -2.12. The van der Waals surface area contributed by atoms with Crippen LogP contribution in [0.4, 0.5) is 17.1 Å². The molecule has 0 aliphatic rings. The number of nitrogens with zero attached hydrogens (tertiary/aromatic N) is 2. The minimum absolute atomic E-state index is 1.13. The minimum Gasteiger partial charge on any atom is -0.309 e. The van der Waals surface area contributed by atoms with Crippen LogP contribution >= 0.6 is 11.3 Å². The molecule has 0 N–H and O–H groups in total. The second-order valence-electron chi connectivity index (χ2n) is 12.9. The second-order valence-corrected chi connectivity index (χ2v) is 14.0. The van der Waals surface area contributed by atoms with Crippen LogP contribution in [0.1, 0.15) is 0 Å². The zero-order chi connectivity index (χ0) is 33.7. The Bertz CT molecular complexity index is 2850. The Balaban J connectivity index is 1.34. The van der Waals surface area contributed by atoms with Crippen molar-refractivity contribution >= 4 is 70.4 Å². The van der Waals surface area contributed by atoms with Gasteiger partial charge in [-0.05, 0) is 71.3 Å². The topological polar surface area (TPSA) is 8.17 Å². The first-order chi connectivity index (χ1) is 25.3. The monoisotopic (exact) mass is 668 g/mol. The van der Waals surface area contributed by atoms with Crippen molar-refractivity contribution in [3.63, 3.8) is 0 Å². The molecule has 0 atom stereocenters. The number of aromatic nitrogens is 1. The van der Waals surface area contributed by atoms with Crippen LogP contribution in [-0.2, 0) is 0 Å². The summed E-state index contributed by atoms with van der Waals surface area (Å²) < 4.78 is 4.97. The molecule has 3 heteroatoms. The first-order valence-electron chi connectivity index (χ1n) is 17.4. The summed E-state index contributed by atoms with van der Waals surface area (Å²) in [5, 5.41) is 5.02. The highest BCUT2D eigenvalue weighted by Crippen LogP contribution is 2.50. The molecule has 2 heterocycles. The van der Waals surface area contributed by atoms with Crippen LogP contribution in [0.5, 0.6) is 0 Å². The van der Waals surface area contributed by atoms with E-state index in [-0.39, 0.29) is 0 Å². The molecule has 0 radical (unpaired) electrons. The number of para-hydroxylation sites is 2. The highest BCUT2D eigenvalue weighted by atomic mass is 32.1. The predicted octanol–water partition coefficient (Wildman–Crippen LogP) is 14.0. The van der Waals surface area contributed by atoms with Crippen LogP contribution in [0.2, 0.25) is 0 Å². The quantitative estimate of drug-likeness (QED) is 0.171. The number of hydrogen-bond donors (Lipinski definition) is 0. The molecule has 0 saturated heterocycles. The van der Waals surface area contributed by atoms with E-state index < -0.39 is 0 Å². The van der Waals surface area contributed by atoms with Gasteiger partial charge in [-0.2, -0.15) is 0 Å². The Morgan fingerprint density at radius 2 is 1.00 bits per heavy atom. The van der Waals surface area contributed by atoms with Crippen molar-refractivity contribution in [3.05, 3.63) is 194 Å². The van der Waals surface area contributed by atoms with E-state index in [4.69, 9.17) is 0 Å². The van der Waals surface area contributed by atoms with Gasteiger partial charge >= 0.3 is 0 Å². The molecule has 0 fully saturated rings. The van der Waals surface area contributed by atoms with Crippen LogP contribution in [0.3, 0.4) is 0 Å². The molecule has 8 aromatic carbocycles. The molecule has 2 nitrogen and oxygen atoms in total. The Morgan fingerprint density at radius 1 is 0.392 bits per heavy atom. The van der Waals surface area contributed by atoms with Crippen molar-refractivity contribution in [2.45, 2.75) is 0 Å². The number of anilines is 3. The predicted molar refractivity (Wildman–Crippen MR) is 219 cm³/mol. The molecule has 0 spiro atoms. The van der Waals surface area contributed by atoms with Gasteiger partial charge in [-0.3, -0.25) is 0 Å². The molecule has 2 aromatic heterocycles. The smallest absolute Gasteiger partial charge is 0.0640 e. The zero-order valence-corrected chi connectivity index (χ0v) is 28.6. The fourth-order valence-corrected chi connectivity index (χ4v) is 8.94. The average Bonchev–Trinajstić information content (AvgIpc) is 3.76. The molecule has 10 aromatic rings. The molecular formula is C48H32N2S. The Kier molecular flexibility index (Phi) is 7.04. The maximum atomic E-state index is 2.53. The Hall–Kier alpha value is -6.42. The van der Waals surface area contributed by atoms with Crippen molar-refractivity contribution in [3.8, 4) is 27.9 Å². The molecule has 0 aliphatic heterocycles. The molecule has 0 amide bonds. The third kappa shape index (κ3) is 4.85. The summed E-state index contributed by atoms with van der Waals surface area (Å²) in [7, 11) is 0. The number of rotatable bonds is 6. The first-order valence-corrected chi connectivity index (χ1v) is 18.2. The molecule has 0 bridgehead atoms. The summed E-state index contributed by atoms with van der Waals surface area (Å²) >= 11 is 1.87. The number of fused-ring (bicyclic) bond motifs is 6. The van der Waals surface area contributed by atoms with Gasteiger partial charge in [0.2, 0.25) is 0 Å². The summed E-state index contributed by atoms with van der Waals surface area (Å²) in [6, 6.07) is 70.4. The zero-order valence-electron chi connectivity index (χ0n) is 27.8. The standard InChI is InChI=1S/C48H32N2S/c1-4-16-33(17-5-1)35-30-31-42(40(32-35)34-18-6-2-7-19-34)50(45-28-14-24-38-37-22-11-13-29-46(37)51-48(38)45)44-27-15-26-43-47(44)39-23-10-12-25-41(39)49(43)36-20-8-3-9-21-36/h1-32H. The van der Waals surface area contributed by atoms with Crippen molar-refractivity contribution in [1.82, 2.24) is 4.57 Å². The highest BCUT2D eigenvalue weighted by molar-refractivity contribution is 7.26. The third-order valence-electron chi connectivity index (χ3n) is 9.98. The molecule has 0 aliphatic carbocycles. The van der Waals surface area contributed by atoms with Crippen LogP contribution in [0.15, 0.2) is 194 Å². The lowest BCUT2D eigenvalue weighted by Gasteiger charge is -2.29. The summed E-state index contributed by atoms with van der Waals surface area (Å²) in [6.07, 6.45) is 0. The van der Waals surface area contributed by atoms with E-state index in [1.807, 2.05) is 11.3 Å². The van der Waals surface area contributed by atoms with E-state index in [1.54, 1.807) is 0 Å². The van der Waals surface area contributed by atoms with Gasteiger partial charge in [0, 0.05) is 37.5 Å². The van der Waals surface area contributed by atoms with Crippen LogP contribution in [0, 0.1) is 0 Å². The number of thiophene rings is 1. The molecule has 240 valence electrons. The Labute approximate surface area is 300 Å². The molecule has 0 unspecified atom stereocenters. The average molecular weight is 669 g/mol. The largest absolute Gasteiger partial charge is 0.309 e. The third-order valence-corrected chi connectivity index (χ3v) is 11.2. The summed E-state index contributed by atoms with van der Waals surface area (Å²) in [5.41, 5.74) is 11.7. The molecule has 10 rings (SSSR count). The summed E-state index contributed by atoms with van der Waals surface area (Å²) in [4.78, 5) is 2.53. The number of benzene rings is 8. The minimum atomic E-state index is 1.13. The van der Waals surface area contributed by atoms with Gasteiger partial charge in [0.05, 0.1) is 32.8 Å². The fourth-order valence-electron chi connectivity index (χ4n) is 7.73. The van der Waals surface area contributed by atoms with E-state index in [9.17, 15) is 0 Å².